The molecule has 0 saturated carbocycles. The average molecular weight is 257 g/mol. The highest BCUT2D eigenvalue weighted by Crippen LogP contribution is 2.17. The molecule has 0 bridgehead atoms. The molecule has 5 heteroatoms. The molecule has 1 aromatic carbocycles. The van der Waals surface area contributed by atoms with Gasteiger partial charge in [0, 0.05) is 6.54 Å². The summed E-state index contributed by atoms with van der Waals surface area (Å²) in [4.78, 5) is 0. The van der Waals surface area contributed by atoms with Crippen molar-refractivity contribution >= 4 is 9.84 Å². The molecule has 1 aliphatic rings. The average Bonchev–Trinajstić information content (AvgIpc) is 2.58. The van der Waals surface area contributed by atoms with Crippen molar-refractivity contribution in [3.63, 3.8) is 0 Å². The molecule has 0 spiro atoms. The first-order valence-corrected chi connectivity index (χ1v) is 7.53. The number of sulfone groups is 1. The topological polar surface area (TPSA) is 46.2 Å². The van der Waals surface area contributed by atoms with Crippen molar-refractivity contribution in [2.24, 2.45) is 5.92 Å². The fourth-order valence-corrected chi connectivity index (χ4v) is 3.96. The predicted octanol–water partition coefficient (Wildman–Crippen LogP) is 1.35. The molecule has 1 aliphatic heterocycles. The summed E-state index contributed by atoms with van der Waals surface area (Å²) in [5, 5.41) is 3.18. The number of halogens is 1. The van der Waals surface area contributed by atoms with E-state index in [1.807, 2.05) is 6.07 Å². The third kappa shape index (κ3) is 3.78. The molecule has 1 unspecified atom stereocenters. The van der Waals surface area contributed by atoms with Gasteiger partial charge in [0.25, 0.3) is 0 Å². The van der Waals surface area contributed by atoms with Crippen LogP contribution in [-0.4, -0.2) is 26.5 Å². The predicted molar refractivity (Wildman–Crippen MR) is 64.9 cm³/mol. The van der Waals surface area contributed by atoms with Gasteiger partial charge in [-0.3, -0.25) is 0 Å². The van der Waals surface area contributed by atoms with Gasteiger partial charge in [-0.25, -0.2) is 12.8 Å². The number of nitrogens with one attached hydrogen (secondary N) is 1. The Hall–Kier alpha value is -0.940. The molecule has 3 nitrogen and oxygen atoms in total. The summed E-state index contributed by atoms with van der Waals surface area (Å²) in [6.45, 7) is 1.25. The van der Waals surface area contributed by atoms with Gasteiger partial charge in [0.2, 0.25) is 0 Å². The zero-order valence-corrected chi connectivity index (χ0v) is 10.3. The second-order valence-corrected chi connectivity index (χ2v) is 6.76. The number of rotatable bonds is 4. The third-order valence-electron chi connectivity index (χ3n) is 2.98. The van der Waals surface area contributed by atoms with Crippen molar-refractivity contribution in [3.8, 4) is 0 Å². The lowest BCUT2D eigenvalue weighted by atomic mass is 10.1. The van der Waals surface area contributed by atoms with Crippen LogP contribution in [0.5, 0.6) is 0 Å². The summed E-state index contributed by atoms with van der Waals surface area (Å²) >= 11 is 0. The number of hydrogen-bond donors (Lipinski definition) is 1. The highest BCUT2D eigenvalue weighted by atomic mass is 32.2. The minimum atomic E-state index is -2.80. The fraction of sp³-hybridized carbons (Fsp3) is 0.500. The molecule has 0 amide bonds. The maximum absolute atomic E-state index is 12.9. The lowest BCUT2D eigenvalue weighted by molar-refractivity contribution is 0.519. The minimum absolute atomic E-state index is 0.202. The van der Waals surface area contributed by atoms with Crippen molar-refractivity contribution in [2.45, 2.75) is 13.0 Å². The largest absolute Gasteiger partial charge is 0.312 e. The van der Waals surface area contributed by atoms with E-state index in [-0.39, 0.29) is 17.5 Å². The summed E-state index contributed by atoms with van der Waals surface area (Å²) in [6.07, 6.45) is 0.735. The summed E-state index contributed by atoms with van der Waals surface area (Å²) in [6, 6.07) is 6.42. The molecule has 1 atom stereocenters. The molecule has 1 fully saturated rings. The van der Waals surface area contributed by atoms with Gasteiger partial charge in [-0.2, -0.15) is 0 Å². The summed E-state index contributed by atoms with van der Waals surface area (Å²) < 4.78 is 35.4. The summed E-state index contributed by atoms with van der Waals surface area (Å²) in [5.74, 6) is 0.545. The fourth-order valence-electron chi connectivity index (χ4n) is 2.10. The lowest BCUT2D eigenvalue weighted by Crippen LogP contribution is -2.23. The zero-order chi connectivity index (χ0) is 12.3. The highest BCUT2D eigenvalue weighted by Gasteiger charge is 2.27. The molecule has 0 aliphatic carbocycles. The van der Waals surface area contributed by atoms with Gasteiger partial charge in [0.05, 0.1) is 11.5 Å². The van der Waals surface area contributed by atoms with Crippen molar-refractivity contribution in [3.05, 3.63) is 35.6 Å². The standard InChI is InChI=1S/C12H16FNO2S/c13-12-3-1-2-10(6-12)7-14-8-11-4-5-17(15,16)9-11/h1-3,6,11,14H,4-5,7-9H2. The Morgan fingerprint density at radius 3 is 2.88 bits per heavy atom. The van der Waals surface area contributed by atoms with E-state index >= 15 is 0 Å². The van der Waals surface area contributed by atoms with Crippen molar-refractivity contribution in [1.82, 2.24) is 5.32 Å². The first kappa shape index (κ1) is 12.5. The van der Waals surface area contributed by atoms with Gasteiger partial charge in [0.1, 0.15) is 5.82 Å². The van der Waals surface area contributed by atoms with Crippen LogP contribution in [-0.2, 0) is 16.4 Å². The summed E-state index contributed by atoms with van der Waals surface area (Å²) in [7, 11) is -2.80. The number of hydrogen-bond acceptors (Lipinski definition) is 3. The Bertz CT molecular complexity index is 487. The van der Waals surface area contributed by atoms with Crippen LogP contribution in [0.15, 0.2) is 24.3 Å². The Morgan fingerprint density at radius 2 is 2.24 bits per heavy atom. The quantitative estimate of drug-likeness (QED) is 0.885. The van der Waals surface area contributed by atoms with E-state index in [2.05, 4.69) is 5.32 Å². The van der Waals surface area contributed by atoms with E-state index in [4.69, 9.17) is 0 Å². The summed E-state index contributed by atoms with van der Waals surface area (Å²) in [5.41, 5.74) is 0.880. The van der Waals surface area contributed by atoms with E-state index in [0.717, 1.165) is 12.0 Å². The second-order valence-electron chi connectivity index (χ2n) is 4.53. The van der Waals surface area contributed by atoms with E-state index in [1.54, 1.807) is 6.07 Å². The molecule has 0 radical (unpaired) electrons. The van der Waals surface area contributed by atoms with Gasteiger partial charge in [-0.1, -0.05) is 12.1 Å². The molecule has 17 heavy (non-hydrogen) atoms. The van der Waals surface area contributed by atoms with Crippen molar-refractivity contribution in [2.75, 3.05) is 18.1 Å². The van der Waals surface area contributed by atoms with Gasteiger partial charge >= 0.3 is 0 Å². The maximum Gasteiger partial charge on any atom is 0.150 e. The molecule has 1 N–H and O–H groups in total. The smallest absolute Gasteiger partial charge is 0.150 e. The number of benzene rings is 1. The molecule has 1 saturated heterocycles. The van der Waals surface area contributed by atoms with Crippen LogP contribution in [0.2, 0.25) is 0 Å². The van der Waals surface area contributed by atoms with E-state index in [9.17, 15) is 12.8 Å². The van der Waals surface area contributed by atoms with E-state index in [0.29, 0.717) is 18.8 Å². The van der Waals surface area contributed by atoms with Gasteiger partial charge in [-0.15, -0.1) is 0 Å². The first-order chi connectivity index (χ1) is 8.05. The van der Waals surface area contributed by atoms with Gasteiger partial charge in [-0.05, 0) is 36.6 Å². The second kappa shape index (κ2) is 5.14. The molecule has 2 rings (SSSR count). The molecule has 94 valence electrons. The van der Waals surface area contributed by atoms with Gasteiger partial charge in [0.15, 0.2) is 9.84 Å². The van der Waals surface area contributed by atoms with Crippen LogP contribution >= 0.6 is 0 Å². The molecular weight excluding hydrogens is 241 g/mol. The normalized spacial score (nSPS) is 22.8. The molecule has 0 aromatic heterocycles. The lowest BCUT2D eigenvalue weighted by Gasteiger charge is -2.09. The Kier molecular flexibility index (Phi) is 3.79. The van der Waals surface area contributed by atoms with Crippen molar-refractivity contribution < 1.29 is 12.8 Å². The van der Waals surface area contributed by atoms with E-state index in [1.165, 1.54) is 12.1 Å². The SMILES string of the molecule is O=S1(=O)CCC(CNCc2cccc(F)c2)C1. The van der Waals surface area contributed by atoms with Crippen LogP contribution in [0, 0.1) is 11.7 Å². The Morgan fingerprint density at radius 1 is 1.41 bits per heavy atom. The monoisotopic (exact) mass is 257 g/mol. The third-order valence-corrected chi connectivity index (χ3v) is 4.81. The van der Waals surface area contributed by atoms with E-state index < -0.39 is 9.84 Å². The minimum Gasteiger partial charge on any atom is -0.312 e. The maximum atomic E-state index is 12.9. The van der Waals surface area contributed by atoms with Crippen LogP contribution in [0.25, 0.3) is 0 Å². The van der Waals surface area contributed by atoms with Gasteiger partial charge < -0.3 is 5.32 Å². The molecular formula is C12H16FNO2S. The Labute approximate surface area is 101 Å². The first-order valence-electron chi connectivity index (χ1n) is 5.71. The van der Waals surface area contributed by atoms with Crippen LogP contribution in [0.3, 0.4) is 0 Å². The van der Waals surface area contributed by atoms with Crippen LogP contribution in [0.1, 0.15) is 12.0 Å². The Balaban J connectivity index is 1.77. The molecule has 1 heterocycles. The van der Waals surface area contributed by atoms with Crippen LogP contribution < -0.4 is 5.32 Å². The van der Waals surface area contributed by atoms with Crippen molar-refractivity contribution in [1.29, 1.82) is 0 Å². The molecule has 1 aromatic rings. The zero-order valence-electron chi connectivity index (χ0n) is 9.52. The highest BCUT2D eigenvalue weighted by molar-refractivity contribution is 7.91. The van der Waals surface area contributed by atoms with Crippen LogP contribution in [0.4, 0.5) is 4.39 Å².